The first-order chi connectivity index (χ1) is 8.13. The van der Waals surface area contributed by atoms with Crippen molar-refractivity contribution in [2.75, 3.05) is 21.1 Å². The fraction of sp³-hybridized carbons (Fsp3) is 0.385. The largest absolute Gasteiger partial charge is 0.315 e. The number of nitrogens with zero attached hydrogens (tertiary/aromatic N) is 1. The maximum Gasteiger partial charge on any atom is 0.132 e. The van der Waals surface area contributed by atoms with Crippen LogP contribution in [0.1, 0.15) is 10.4 Å². The van der Waals surface area contributed by atoms with Crippen LogP contribution in [0.3, 0.4) is 0 Å². The molecule has 2 rings (SSSR count). The molecule has 92 valence electrons. The summed E-state index contributed by atoms with van der Waals surface area (Å²) >= 11 is 1.68. The Labute approximate surface area is 105 Å². The summed E-state index contributed by atoms with van der Waals surface area (Å²) in [5.74, 6) is -0.113. The van der Waals surface area contributed by atoms with E-state index in [1.54, 1.807) is 17.4 Å². The summed E-state index contributed by atoms with van der Waals surface area (Å²) in [5.41, 5.74) is 1.11. The summed E-state index contributed by atoms with van der Waals surface area (Å²) in [5, 5.41) is 3.94. The Morgan fingerprint density at radius 3 is 2.76 bits per heavy atom. The van der Waals surface area contributed by atoms with Gasteiger partial charge in [0.05, 0.1) is 0 Å². The number of nitrogens with one attached hydrogen (secondary N) is 1. The fourth-order valence-electron chi connectivity index (χ4n) is 2.00. The smallest absolute Gasteiger partial charge is 0.132 e. The van der Waals surface area contributed by atoms with Crippen LogP contribution in [0.4, 0.5) is 4.39 Å². The quantitative estimate of drug-likeness (QED) is 0.900. The van der Waals surface area contributed by atoms with Crippen LogP contribution in [0.25, 0.3) is 10.1 Å². The molecular weight excluding hydrogens is 235 g/mol. The average molecular weight is 252 g/mol. The topological polar surface area (TPSA) is 15.3 Å². The van der Waals surface area contributed by atoms with Gasteiger partial charge >= 0.3 is 0 Å². The lowest BCUT2D eigenvalue weighted by molar-refractivity contribution is 0.402. The third kappa shape index (κ3) is 2.49. The van der Waals surface area contributed by atoms with Gasteiger partial charge in [0.1, 0.15) is 5.82 Å². The zero-order valence-electron chi connectivity index (χ0n) is 10.4. The second kappa shape index (κ2) is 5.12. The van der Waals surface area contributed by atoms with Gasteiger partial charge < -0.3 is 10.2 Å². The molecule has 1 aromatic carbocycles. The standard InChI is InChI=1S/C13H17FN2S/c1-15-7-12-9(8-16(2)3)13-10(14)5-4-6-11(13)17-12/h4-6,15H,7-8H2,1-3H3. The zero-order valence-corrected chi connectivity index (χ0v) is 11.2. The van der Waals surface area contributed by atoms with Crippen LogP contribution in [0, 0.1) is 5.82 Å². The summed E-state index contributed by atoms with van der Waals surface area (Å²) < 4.78 is 15.0. The first-order valence-electron chi connectivity index (χ1n) is 5.61. The van der Waals surface area contributed by atoms with Gasteiger partial charge in [-0.25, -0.2) is 4.39 Å². The Hall–Kier alpha value is -0.970. The molecule has 0 saturated heterocycles. The number of thiophene rings is 1. The Balaban J connectivity index is 2.60. The van der Waals surface area contributed by atoms with Gasteiger partial charge in [-0.05, 0) is 38.8 Å². The molecule has 0 amide bonds. The second-order valence-corrected chi connectivity index (χ2v) is 5.52. The van der Waals surface area contributed by atoms with Crippen molar-refractivity contribution in [3.63, 3.8) is 0 Å². The van der Waals surface area contributed by atoms with Gasteiger partial charge in [-0.1, -0.05) is 6.07 Å². The summed E-state index contributed by atoms with van der Waals surface area (Å²) in [4.78, 5) is 3.30. The summed E-state index contributed by atoms with van der Waals surface area (Å²) in [7, 11) is 5.93. The fourth-order valence-corrected chi connectivity index (χ4v) is 3.24. The minimum atomic E-state index is -0.113. The molecule has 4 heteroatoms. The zero-order chi connectivity index (χ0) is 12.4. The molecule has 17 heavy (non-hydrogen) atoms. The highest BCUT2D eigenvalue weighted by molar-refractivity contribution is 7.19. The third-order valence-corrected chi connectivity index (χ3v) is 3.86. The molecular formula is C13H17FN2S. The Morgan fingerprint density at radius 1 is 1.35 bits per heavy atom. The number of halogens is 1. The Bertz CT molecular complexity index is 519. The lowest BCUT2D eigenvalue weighted by atomic mass is 10.1. The molecule has 0 fully saturated rings. The molecule has 0 atom stereocenters. The van der Waals surface area contributed by atoms with E-state index < -0.39 is 0 Å². The molecule has 0 aliphatic carbocycles. The predicted molar refractivity (Wildman–Crippen MR) is 71.9 cm³/mol. The Morgan fingerprint density at radius 2 is 2.12 bits per heavy atom. The van der Waals surface area contributed by atoms with E-state index in [0.29, 0.717) is 0 Å². The highest BCUT2D eigenvalue weighted by Gasteiger charge is 2.15. The van der Waals surface area contributed by atoms with Gasteiger partial charge in [-0.2, -0.15) is 0 Å². The van der Waals surface area contributed by atoms with Crippen LogP contribution in [0.2, 0.25) is 0 Å². The van der Waals surface area contributed by atoms with Gasteiger partial charge in [0, 0.05) is 28.1 Å². The van der Waals surface area contributed by atoms with Gasteiger partial charge in [-0.15, -0.1) is 11.3 Å². The molecule has 1 aromatic heterocycles. The number of rotatable bonds is 4. The average Bonchev–Trinajstić information content (AvgIpc) is 2.58. The van der Waals surface area contributed by atoms with Crippen molar-refractivity contribution in [3.8, 4) is 0 Å². The van der Waals surface area contributed by atoms with Crippen molar-refractivity contribution in [1.29, 1.82) is 0 Å². The van der Waals surface area contributed by atoms with Crippen LogP contribution in [0.5, 0.6) is 0 Å². The molecule has 0 radical (unpaired) electrons. The summed E-state index contributed by atoms with van der Waals surface area (Å²) in [6.45, 7) is 1.57. The van der Waals surface area contributed by atoms with Crippen molar-refractivity contribution in [2.45, 2.75) is 13.1 Å². The SMILES string of the molecule is CNCc1sc2cccc(F)c2c1CN(C)C. The summed E-state index contributed by atoms with van der Waals surface area (Å²) in [6, 6.07) is 5.30. The van der Waals surface area contributed by atoms with E-state index in [9.17, 15) is 4.39 Å². The second-order valence-electron chi connectivity index (χ2n) is 4.38. The van der Waals surface area contributed by atoms with Crippen LogP contribution in [-0.4, -0.2) is 26.0 Å². The number of fused-ring (bicyclic) bond motifs is 1. The summed E-state index contributed by atoms with van der Waals surface area (Å²) in [6.07, 6.45) is 0. The van der Waals surface area contributed by atoms with Crippen LogP contribution in [-0.2, 0) is 13.1 Å². The lowest BCUT2D eigenvalue weighted by Crippen LogP contribution is -2.13. The van der Waals surface area contributed by atoms with Crippen LogP contribution in [0.15, 0.2) is 18.2 Å². The highest BCUT2D eigenvalue weighted by atomic mass is 32.1. The minimum absolute atomic E-state index is 0.113. The van der Waals surface area contributed by atoms with E-state index in [4.69, 9.17) is 0 Å². The van der Waals surface area contributed by atoms with E-state index in [2.05, 4.69) is 10.2 Å². The normalized spacial score (nSPS) is 11.6. The number of hydrogen-bond acceptors (Lipinski definition) is 3. The maximum atomic E-state index is 13.9. The molecule has 2 nitrogen and oxygen atoms in total. The van der Waals surface area contributed by atoms with E-state index >= 15 is 0 Å². The van der Waals surface area contributed by atoms with E-state index in [-0.39, 0.29) is 5.82 Å². The molecule has 0 aliphatic heterocycles. The maximum absolute atomic E-state index is 13.9. The molecule has 2 aromatic rings. The third-order valence-electron chi connectivity index (χ3n) is 2.66. The lowest BCUT2D eigenvalue weighted by Gasteiger charge is -2.11. The first-order valence-corrected chi connectivity index (χ1v) is 6.43. The predicted octanol–water partition coefficient (Wildman–Crippen LogP) is 2.82. The molecule has 0 bridgehead atoms. The Kier molecular flexibility index (Phi) is 3.76. The number of benzene rings is 1. The molecule has 1 N–H and O–H groups in total. The van der Waals surface area contributed by atoms with Crippen molar-refractivity contribution in [2.24, 2.45) is 0 Å². The molecule has 0 aliphatic rings. The molecule has 0 unspecified atom stereocenters. The van der Waals surface area contributed by atoms with Crippen molar-refractivity contribution in [3.05, 3.63) is 34.5 Å². The van der Waals surface area contributed by atoms with E-state index in [0.717, 1.165) is 28.7 Å². The van der Waals surface area contributed by atoms with E-state index in [1.807, 2.05) is 27.2 Å². The van der Waals surface area contributed by atoms with Crippen molar-refractivity contribution in [1.82, 2.24) is 10.2 Å². The van der Waals surface area contributed by atoms with Crippen LogP contribution < -0.4 is 5.32 Å². The van der Waals surface area contributed by atoms with Gasteiger partial charge in [0.2, 0.25) is 0 Å². The molecule has 1 heterocycles. The van der Waals surface area contributed by atoms with Crippen LogP contribution >= 0.6 is 11.3 Å². The first kappa shape index (κ1) is 12.5. The minimum Gasteiger partial charge on any atom is -0.315 e. The monoisotopic (exact) mass is 252 g/mol. The van der Waals surface area contributed by atoms with Gasteiger partial charge in [0.25, 0.3) is 0 Å². The van der Waals surface area contributed by atoms with E-state index in [1.165, 1.54) is 10.9 Å². The van der Waals surface area contributed by atoms with Gasteiger partial charge in [-0.3, -0.25) is 0 Å². The highest BCUT2D eigenvalue weighted by Crippen LogP contribution is 2.33. The van der Waals surface area contributed by atoms with Crippen molar-refractivity contribution >= 4 is 21.4 Å². The molecule has 0 saturated carbocycles. The number of hydrogen-bond donors (Lipinski definition) is 1. The molecule has 0 spiro atoms. The van der Waals surface area contributed by atoms with Gasteiger partial charge in [0.15, 0.2) is 0 Å². The van der Waals surface area contributed by atoms with Crippen molar-refractivity contribution < 1.29 is 4.39 Å².